The number of aromatic nitrogens is 4. The van der Waals surface area contributed by atoms with Crippen molar-refractivity contribution in [3.8, 4) is 12.1 Å². The third-order valence-corrected chi connectivity index (χ3v) is 11.6. The summed E-state index contributed by atoms with van der Waals surface area (Å²) in [5.41, 5.74) is 5.09. The minimum absolute atomic E-state index is 0. The Labute approximate surface area is 469 Å². The Balaban J connectivity index is 0.000000418. The molecule has 4 aromatic carbocycles. The Kier molecular flexibility index (Phi) is 26.4. The van der Waals surface area contributed by atoms with Crippen LogP contribution in [0.15, 0.2) is 122 Å². The molecule has 2 atom stereocenters. The zero-order chi connectivity index (χ0) is 56.6. The van der Waals surface area contributed by atoms with Gasteiger partial charge in [-0.3, -0.25) is 24.0 Å². The van der Waals surface area contributed by atoms with Gasteiger partial charge in [-0.1, -0.05) is 60.8 Å². The fraction of sp³-hybridized carbons (Fsp3) is 0.305. The first-order chi connectivity index (χ1) is 37.5. The van der Waals surface area contributed by atoms with Crippen LogP contribution in [0.1, 0.15) is 101 Å². The molecule has 6 rings (SSSR count). The molecule has 2 heterocycles. The van der Waals surface area contributed by atoms with Crippen molar-refractivity contribution in [1.82, 2.24) is 29.7 Å². The standard InChI is InChI=1S/C31H37N9O3.C26H29N7O2.2CH4/c1-6-16-33-28-26(20-34-31(38-28)37-23-14-12-22(19-32)13-15-23)30(43)36-25-10-7-9-24(18-25)35-29(42)21(2)40(5)27(41)11-8-17-39(3)4;1-4-13-28-23-22(16-29-26(33-23)32-19-11-9-18(15-27)10-12-19)25(35)31-21-8-6-7-20(14-21)30-24(34)17(3)5-2;;/h7-15,18,20-21H,6,16-17H2,1-5H3,(H,35,42)(H,36,43)(H2,33,34,37,38);6-12,14,16-17H,4-5,13H2,1-3H3,(H,30,34)(H,31,35)(H2,28,29,32,33);2*1H4/b11-8+;;;/t21-;17-;;/m01../s1. The zero-order valence-corrected chi connectivity index (χ0v) is 45.1. The fourth-order valence-corrected chi connectivity index (χ4v) is 6.78. The van der Waals surface area contributed by atoms with E-state index in [1.807, 2.05) is 46.7 Å². The monoisotopic (exact) mass is 1090 g/mol. The second-order valence-corrected chi connectivity index (χ2v) is 18.0. The number of nitrogens with one attached hydrogen (secondary N) is 8. The van der Waals surface area contributed by atoms with Crippen LogP contribution in [0, 0.1) is 28.6 Å². The van der Waals surface area contributed by atoms with Gasteiger partial charge in [-0.05, 0) is 125 Å². The van der Waals surface area contributed by atoms with Gasteiger partial charge in [-0.15, -0.1) is 0 Å². The van der Waals surface area contributed by atoms with Crippen LogP contribution in [0.5, 0.6) is 0 Å². The Morgan fingerprint density at radius 3 is 1.39 bits per heavy atom. The van der Waals surface area contributed by atoms with Crippen LogP contribution in [0.3, 0.4) is 0 Å². The minimum atomic E-state index is -0.726. The number of benzene rings is 4. The summed E-state index contributed by atoms with van der Waals surface area (Å²) in [5, 5.41) is 41.8. The smallest absolute Gasteiger partial charge is 0.260 e. The first-order valence-corrected chi connectivity index (χ1v) is 25.3. The average Bonchev–Trinajstić information content (AvgIpc) is 3.43. The highest BCUT2D eigenvalue weighted by molar-refractivity contribution is 6.09. The number of carbonyl (C=O) groups excluding carboxylic acids is 5. The van der Waals surface area contributed by atoms with Gasteiger partial charge in [0.05, 0.1) is 23.3 Å². The van der Waals surface area contributed by atoms with E-state index in [0.29, 0.717) is 76.8 Å². The molecule has 0 spiro atoms. The van der Waals surface area contributed by atoms with E-state index in [0.717, 1.165) is 24.9 Å². The van der Waals surface area contributed by atoms with Gasteiger partial charge in [-0.25, -0.2) is 9.97 Å². The number of likely N-dealkylation sites (N-methyl/N-ethyl adjacent to an activating group) is 2. The molecule has 6 aromatic rings. The highest BCUT2D eigenvalue weighted by Crippen LogP contribution is 2.24. The van der Waals surface area contributed by atoms with E-state index in [-0.39, 0.29) is 61.5 Å². The molecule has 8 N–H and O–H groups in total. The van der Waals surface area contributed by atoms with E-state index in [1.165, 1.54) is 23.4 Å². The fourth-order valence-electron chi connectivity index (χ4n) is 6.78. The van der Waals surface area contributed by atoms with Gasteiger partial charge in [0.25, 0.3) is 11.8 Å². The summed E-state index contributed by atoms with van der Waals surface area (Å²) in [7, 11) is 5.37. The lowest BCUT2D eigenvalue weighted by atomic mass is 10.1. The van der Waals surface area contributed by atoms with Crippen LogP contribution in [0.2, 0.25) is 0 Å². The van der Waals surface area contributed by atoms with Gasteiger partial charge in [0.15, 0.2) is 0 Å². The molecule has 5 amide bonds. The SMILES string of the molecule is C.C.CCCNc1nc(Nc2ccc(C#N)cc2)ncc1C(=O)Nc1cccc(NC(=O)[C@H](C)CC)c1.CCCNc1nc(Nc2ccc(C#N)cc2)ncc1C(=O)Nc1cccc(NC(=O)[C@H](C)N(C)C(=O)/C=C/CN(C)C)c1. The lowest BCUT2D eigenvalue weighted by molar-refractivity contribution is -0.132. The molecule has 0 aliphatic heterocycles. The van der Waals surface area contributed by atoms with Gasteiger partial charge in [0.2, 0.25) is 29.6 Å². The topological polar surface area (TPSA) is 287 Å². The summed E-state index contributed by atoms with van der Waals surface area (Å²) in [6.07, 6.45) is 8.48. The van der Waals surface area contributed by atoms with Gasteiger partial charge >= 0.3 is 0 Å². The van der Waals surface area contributed by atoms with Crippen LogP contribution in [-0.4, -0.2) is 106 Å². The van der Waals surface area contributed by atoms with Crippen molar-refractivity contribution in [3.63, 3.8) is 0 Å². The van der Waals surface area contributed by atoms with E-state index < -0.39 is 11.9 Å². The van der Waals surface area contributed by atoms with Gasteiger partial charge in [-0.2, -0.15) is 20.5 Å². The molecule has 0 fully saturated rings. The maximum atomic E-state index is 13.2. The highest BCUT2D eigenvalue weighted by atomic mass is 16.2. The number of hydrogen-bond acceptors (Lipinski definition) is 16. The number of carbonyl (C=O) groups is 5. The molecule has 420 valence electrons. The summed E-state index contributed by atoms with van der Waals surface area (Å²) >= 11 is 0. The normalized spacial score (nSPS) is 11.0. The molecule has 0 unspecified atom stereocenters. The minimum Gasteiger partial charge on any atom is -0.369 e. The van der Waals surface area contributed by atoms with Crippen molar-refractivity contribution >= 4 is 87.2 Å². The molecule has 0 aliphatic carbocycles. The second-order valence-electron chi connectivity index (χ2n) is 18.0. The van der Waals surface area contributed by atoms with E-state index >= 15 is 0 Å². The van der Waals surface area contributed by atoms with Crippen LogP contribution >= 0.6 is 0 Å². The molecular formula is C59H74N16O5. The predicted molar refractivity (Wildman–Crippen MR) is 319 cm³/mol. The first-order valence-electron chi connectivity index (χ1n) is 25.3. The third kappa shape index (κ3) is 20.0. The largest absolute Gasteiger partial charge is 0.369 e. The molecule has 0 radical (unpaired) electrons. The predicted octanol–water partition coefficient (Wildman–Crippen LogP) is 10.5. The maximum Gasteiger partial charge on any atom is 0.260 e. The molecule has 0 saturated carbocycles. The Morgan fingerprint density at radius 1 is 0.588 bits per heavy atom. The van der Waals surface area contributed by atoms with Crippen molar-refractivity contribution in [2.24, 2.45) is 5.92 Å². The van der Waals surface area contributed by atoms with E-state index in [1.54, 1.807) is 117 Å². The first kappa shape index (κ1) is 64.6. The summed E-state index contributed by atoms with van der Waals surface area (Å²) in [5.74, 6) is -0.268. The lowest BCUT2D eigenvalue weighted by Crippen LogP contribution is -2.42. The van der Waals surface area contributed by atoms with Crippen molar-refractivity contribution in [3.05, 3.63) is 144 Å². The Bertz CT molecular complexity index is 3130. The zero-order valence-electron chi connectivity index (χ0n) is 45.1. The van der Waals surface area contributed by atoms with Crippen molar-refractivity contribution in [2.75, 3.05) is 83.3 Å². The number of hydrogen-bond donors (Lipinski definition) is 8. The number of anilines is 10. The Hall–Kier alpha value is -9.73. The number of amides is 5. The quantitative estimate of drug-likeness (QED) is 0.0277. The summed E-state index contributed by atoms with van der Waals surface area (Å²) < 4.78 is 0. The van der Waals surface area contributed by atoms with E-state index in [4.69, 9.17) is 10.5 Å². The van der Waals surface area contributed by atoms with Crippen LogP contribution < -0.4 is 42.5 Å². The summed E-state index contributed by atoms with van der Waals surface area (Å²) in [4.78, 5) is 84.6. The summed E-state index contributed by atoms with van der Waals surface area (Å²) in [6.45, 7) is 11.3. The van der Waals surface area contributed by atoms with Crippen LogP contribution in [0.25, 0.3) is 0 Å². The van der Waals surface area contributed by atoms with E-state index in [9.17, 15) is 24.0 Å². The Morgan fingerprint density at radius 2 is 1.00 bits per heavy atom. The maximum absolute atomic E-state index is 13.2. The van der Waals surface area contributed by atoms with Crippen molar-refractivity contribution in [2.45, 2.75) is 74.8 Å². The van der Waals surface area contributed by atoms with Crippen molar-refractivity contribution in [1.29, 1.82) is 10.5 Å². The summed E-state index contributed by atoms with van der Waals surface area (Å²) in [6, 6.07) is 30.9. The number of rotatable bonds is 23. The van der Waals surface area contributed by atoms with E-state index in [2.05, 4.69) is 74.6 Å². The highest BCUT2D eigenvalue weighted by Gasteiger charge is 2.22. The molecule has 0 aliphatic rings. The number of nitriles is 2. The second kappa shape index (κ2) is 32.8. The lowest BCUT2D eigenvalue weighted by Gasteiger charge is -2.23. The number of nitrogens with zero attached hydrogens (tertiary/aromatic N) is 8. The molecule has 80 heavy (non-hydrogen) atoms. The average molecular weight is 1090 g/mol. The molecule has 21 nitrogen and oxygen atoms in total. The van der Waals surface area contributed by atoms with Gasteiger partial charge in [0.1, 0.15) is 28.8 Å². The van der Waals surface area contributed by atoms with Crippen LogP contribution in [0.4, 0.5) is 57.7 Å². The van der Waals surface area contributed by atoms with Gasteiger partial charge < -0.3 is 52.3 Å². The third-order valence-electron chi connectivity index (χ3n) is 11.6. The molecule has 0 saturated heterocycles. The van der Waals surface area contributed by atoms with Gasteiger partial charge in [0, 0.05) is 85.2 Å². The molecule has 21 heteroatoms. The molecular weight excluding hydrogens is 1010 g/mol. The van der Waals surface area contributed by atoms with Crippen molar-refractivity contribution < 1.29 is 24.0 Å². The van der Waals surface area contributed by atoms with Crippen LogP contribution in [-0.2, 0) is 14.4 Å². The molecule has 2 aromatic heterocycles. The molecule has 0 bridgehead atoms.